The Balaban J connectivity index is 1.72. The van der Waals surface area contributed by atoms with Crippen molar-refractivity contribution in [3.8, 4) is 5.75 Å². The molecule has 4 amide bonds. The Morgan fingerprint density at radius 3 is 2.61 bits per heavy atom. The van der Waals surface area contributed by atoms with Gasteiger partial charge in [-0.05, 0) is 43.4 Å². The highest BCUT2D eigenvalue weighted by Gasteiger charge is 2.49. The maximum Gasteiger partial charge on any atom is 0.387 e. The van der Waals surface area contributed by atoms with Crippen LogP contribution in [0.3, 0.4) is 0 Å². The van der Waals surface area contributed by atoms with Gasteiger partial charge in [0.05, 0.1) is 0 Å². The van der Waals surface area contributed by atoms with Crippen molar-refractivity contribution < 1.29 is 27.9 Å². The van der Waals surface area contributed by atoms with E-state index in [1.807, 2.05) is 0 Å². The van der Waals surface area contributed by atoms with Gasteiger partial charge < -0.3 is 15.0 Å². The van der Waals surface area contributed by atoms with E-state index in [4.69, 9.17) is 0 Å². The number of alkyl halides is 2. The van der Waals surface area contributed by atoms with E-state index >= 15 is 0 Å². The van der Waals surface area contributed by atoms with E-state index in [9.17, 15) is 23.2 Å². The highest BCUT2D eigenvalue weighted by molar-refractivity contribution is 6.09. The lowest BCUT2D eigenvalue weighted by Crippen LogP contribution is -2.47. The minimum Gasteiger partial charge on any atom is -0.435 e. The smallest absolute Gasteiger partial charge is 0.387 e. The van der Waals surface area contributed by atoms with Gasteiger partial charge in [0.25, 0.3) is 5.91 Å². The molecule has 1 N–H and O–H groups in total. The fourth-order valence-corrected chi connectivity index (χ4v) is 3.66. The highest BCUT2D eigenvalue weighted by Crippen LogP contribution is 2.30. The fourth-order valence-electron chi connectivity index (χ4n) is 3.66. The van der Waals surface area contributed by atoms with Crippen molar-refractivity contribution in [2.45, 2.75) is 38.8 Å². The number of hydrogen-bond acceptors (Lipinski definition) is 4. The molecule has 2 atom stereocenters. The molecule has 2 aliphatic rings. The summed E-state index contributed by atoms with van der Waals surface area (Å²) >= 11 is 0. The molecule has 0 radical (unpaired) electrons. The first-order valence-corrected chi connectivity index (χ1v) is 9.18. The maximum absolute atomic E-state index is 12.9. The van der Waals surface area contributed by atoms with Crippen molar-refractivity contribution in [1.29, 1.82) is 0 Å². The Bertz CT molecular complexity index is 771. The molecule has 0 saturated carbocycles. The van der Waals surface area contributed by atoms with Gasteiger partial charge in [0.15, 0.2) is 0 Å². The molecule has 0 aliphatic carbocycles. The fraction of sp³-hybridized carbons (Fsp3) is 0.526. The standard InChI is InChI=1S/C19H23F2N3O4/c1-12-4-3-9-23(10-12)15(25)11-24-16(26)19(2,22-18(24)27)13-5-7-14(8-6-13)28-17(20)21/h5-8,12,17H,3-4,9-11H2,1-2H3,(H,22,27)/t12-,19-/m1/s1. The number of piperidine rings is 1. The first-order chi connectivity index (χ1) is 13.2. The van der Waals surface area contributed by atoms with Crippen LogP contribution in [0.25, 0.3) is 0 Å². The number of halogens is 2. The van der Waals surface area contributed by atoms with Crippen molar-refractivity contribution in [2.75, 3.05) is 19.6 Å². The summed E-state index contributed by atoms with van der Waals surface area (Å²) in [5.41, 5.74) is -0.968. The van der Waals surface area contributed by atoms with E-state index in [1.165, 1.54) is 31.2 Å². The van der Waals surface area contributed by atoms with Crippen LogP contribution < -0.4 is 10.1 Å². The quantitative estimate of drug-likeness (QED) is 0.776. The number of ether oxygens (including phenoxy) is 1. The summed E-state index contributed by atoms with van der Waals surface area (Å²) in [5, 5.41) is 2.60. The molecule has 1 aromatic carbocycles. The Labute approximate surface area is 161 Å². The second kappa shape index (κ2) is 7.73. The zero-order chi connectivity index (χ0) is 20.5. The van der Waals surface area contributed by atoms with Gasteiger partial charge in [-0.1, -0.05) is 19.1 Å². The summed E-state index contributed by atoms with van der Waals surface area (Å²) in [6, 6.07) is 4.82. The predicted octanol–water partition coefficient (Wildman–Crippen LogP) is 2.31. The molecule has 7 nitrogen and oxygen atoms in total. The lowest BCUT2D eigenvalue weighted by atomic mass is 9.92. The van der Waals surface area contributed by atoms with Crippen LogP contribution >= 0.6 is 0 Å². The molecule has 2 heterocycles. The highest BCUT2D eigenvalue weighted by atomic mass is 19.3. The number of nitrogens with zero attached hydrogens (tertiary/aromatic N) is 2. The molecule has 1 aromatic rings. The number of hydrogen-bond donors (Lipinski definition) is 1. The monoisotopic (exact) mass is 395 g/mol. The molecule has 0 bridgehead atoms. The third kappa shape index (κ3) is 3.93. The number of carbonyl (C=O) groups excluding carboxylic acids is 3. The van der Waals surface area contributed by atoms with Crippen molar-refractivity contribution >= 4 is 17.8 Å². The Kier molecular flexibility index (Phi) is 5.53. The van der Waals surface area contributed by atoms with Crippen molar-refractivity contribution in [1.82, 2.24) is 15.1 Å². The van der Waals surface area contributed by atoms with E-state index in [0.29, 0.717) is 24.6 Å². The first-order valence-electron chi connectivity index (χ1n) is 9.18. The molecular weight excluding hydrogens is 372 g/mol. The van der Waals surface area contributed by atoms with Crippen LogP contribution in [0.15, 0.2) is 24.3 Å². The zero-order valence-electron chi connectivity index (χ0n) is 15.8. The van der Waals surface area contributed by atoms with E-state index in [1.54, 1.807) is 4.90 Å². The summed E-state index contributed by atoms with van der Waals surface area (Å²) < 4.78 is 28.9. The number of imide groups is 1. The van der Waals surface area contributed by atoms with Crippen LogP contribution in [0.5, 0.6) is 5.75 Å². The average Bonchev–Trinajstić information content (AvgIpc) is 2.86. The molecule has 0 spiro atoms. The third-order valence-electron chi connectivity index (χ3n) is 5.23. The van der Waals surface area contributed by atoms with Crippen LogP contribution in [0.4, 0.5) is 13.6 Å². The van der Waals surface area contributed by atoms with Crippen LogP contribution in [-0.4, -0.2) is 53.9 Å². The van der Waals surface area contributed by atoms with Gasteiger partial charge in [-0.25, -0.2) is 4.79 Å². The van der Waals surface area contributed by atoms with Crippen molar-refractivity contribution in [2.24, 2.45) is 5.92 Å². The van der Waals surface area contributed by atoms with Crippen molar-refractivity contribution in [3.63, 3.8) is 0 Å². The van der Waals surface area contributed by atoms with Gasteiger partial charge in [0.2, 0.25) is 5.91 Å². The number of benzene rings is 1. The summed E-state index contributed by atoms with van der Waals surface area (Å²) in [4.78, 5) is 40.4. The Morgan fingerprint density at radius 2 is 2.00 bits per heavy atom. The van der Waals surface area contributed by atoms with Crippen LogP contribution in [0.2, 0.25) is 0 Å². The number of rotatable bonds is 5. The summed E-state index contributed by atoms with van der Waals surface area (Å²) in [7, 11) is 0. The van der Waals surface area contributed by atoms with Crippen molar-refractivity contribution in [3.05, 3.63) is 29.8 Å². The minimum absolute atomic E-state index is 0.0506. The third-order valence-corrected chi connectivity index (χ3v) is 5.23. The second-order valence-corrected chi connectivity index (χ2v) is 7.44. The number of urea groups is 1. The number of nitrogens with one attached hydrogen (secondary N) is 1. The average molecular weight is 395 g/mol. The molecule has 28 heavy (non-hydrogen) atoms. The van der Waals surface area contributed by atoms with E-state index < -0.39 is 24.1 Å². The largest absolute Gasteiger partial charge is 0.435 e. The van der Waals surface area contributed by atoms with Crippen LogP contribution in [-0.2, 0) is 15.1 Å². The summed E-state index contributed by atoms with van der Waals surface area (Å²) in [5.74, 6) is -0.483. The van der Waals surface area contributed by atoms with Gasteiger partial charge in [-0.15, -0.1) is 0 Å². The minimum atomic E-state index is -2.95. The molecule has 2 saturated heterocycles. The lowest BCUT2D eigenvalue weighted by Gasteiger charge is -2.31. The molecule has 0 unspecified atom stereocenters. The molecule has 2 aliphatic heterocycles. The zero-order valence-corrected chi connectivity index (χ0v) is 15.8. The Morgan fingerprint density at radius 1 is 1.32 bits per heavy atom. The lowest BCUT2D eigenvalue weighted by molar-refractivity contribution is -0.139. The second-order valence-electron chi connectivity index (χ2n) is 7.44. The molecule has 152 valence electrons. The summed E-state index contributed by atoms with van der Waals surface area (Å²) in [6.45, 7) is 1.55. The van der Waals surface area contributed by atoms with Crippen LogP contribution in [0.1, 0.15) is 32.3 Å². The number of likely N-dealkylation sites (tertiary alicyclic amines) is 1. The number of carbonyl (C=O) groups is 3. The summed E-state index contributed by atoms with van der Waals surface area (Å²) in [6.07, 6.45) is 1.95. The molecule has 0 aromatic heterocycles. The first kappa shape index (κ1) is 20.0. The van der Waals surface area contributed by atoms with Gasteiger partial charge in [-0.3, -0.25) is 14.5 Å². The molecular formula is C19H23F2N3O4. The van der Waals surface area contributed by atoms with Crippen LogP contribution in [0, 0.1) is 5.92 Å². The predicted molar refractivity (Wildman–Crippen MR) is 95.6 cm³/mol. The molecule has 9 heteroatoms. The Hall–Kier alpha value is -2.71. The maximum atomic E-state index is 12.9. The normalized spacial score (nSPS) is 25.2. The van der Waals surface area contributed by atoms with Gasteiger partial charge in [0, 0.05) is 13.1 Å². The number of amides is 4. The molecule has 2 fully saturated rings. The van der Waals surface area contributed by atoms with Gasteiger partial charge in [0.1, 0.15) is 17.8 Å². The van der Waals surface area contributed by atoms with E-state index in [0.717, 1.165) is 17.7 Å². The van der Waals surface area contributed by atoms with Gasteiger partial charge >= 0.3 is 12.6 Å². The SMILES string of the molecule is C[C@@H]1CCCN(C(=O)CN2C(=O)N[C@](C)(c3ccc(OC(F)F)cc3)C2=O)C1. The van der Waals surface area contributed by atoms with E-state index in [-0.39, 0.29) is 18.2 Å². The van der Waals surface area contributed by atoms with Gasteiger partial charge in [-0.2, -0.15) is 8.78 Å². The topological polar surface area (TPSA) is 79.0 Å². The van der Waals surface area contributed by atoms with E-state index in [2.05, 4.69) is 17.0 Å². The molecule has 3 rings (SSSR count).